The number of aromatic nitrogens is 3. The predicted molar refractivity (Wildman–Crippen MR) is 122 cm³/mol. The Labute approximate surface area is 208 Å². The zero-order chi connectivity index (χ0) is 26.6. The van der Waals surface area contributed by atoms with Crippen LogP contribution in [0.4, 0.5) is 17.6 Å². The van der Waals surface area contributed by atoms with Gasteiger partial charge in [0.1, 0.15) is 17.7 Å². The van der Waals surface area contributed by atoms with Crippen LogP contribution in [0.1, 0.15) is 22.3 Å². The lowest BCUT2D eigenvalue weighted by Crippen LogP contribution is -2.47. The van der Waals surface area contributed by atoms with Gasteiger partial charge < -0.3 is 20.1 Å². The van der Waals surface area contributed by atoms with Crippen molar-refractivity contribution in [2.45, 2.75) is 25.4 Å². The van der Waals surface area contributed by atoms with Crippen LogP contribution < -0.4 is 15.2 Å². The molecule has 37 heavy (non-hydrogen) atoms. The van der Waals surface area contributed by atoms with Gasteiger partial charge in [-0.1, -0.05) is 12.1 Å². The van der Waals surface area contributed by atoms with E-state index < -0.39 is 24.4 Å². The summed E-state index contributed by atoms with van der Waals surface area (Å²) in [6.07, 6.45) is -1.46. The van der Waals surface area contributed by atoms with Gasteiger partial charge in [0.15, 0.2) is 0 Å². The summed E-state index contributed by atoms with van der Waals surface area (Å²) in [7, 11) is 0. The number of primary amides is 1. The van der Waals surface area contributed by atoms with E-state index in [1.54, 1.807) is 6.20 Å². The van der Waals surface area contributed by atoms with Crippen LogP contribution in [0.25, 0.3) is 11.3 Å². The Bertz CT molecular complexity index is 1230. The molecule has 0 saturated carbocycles. The number of alkyl halides is 4. The number of ether oxygens (including phenoxy) is 2. The first-order valence-corrected chi connectivity index (χ1v) is 11.3. The lowest BCUT2D eigenvalue weighted by molar-refractivity contribution is -0.274. The molecule has 3 N–H and O–H groups in total. The normalized spacial score (nSPS) is 17.9. The molecule has 1 aromatic carbocycles. The van der Waals surface area contributed by atoms with Crippen molar-refractivity contribution in [3.05, 3.63) is 60.0 Å². The number of nitrogens with one attached hydrogen (secondary N) is 1. The van der Waals surface area contributed by atoms with E-state index in [1.807, 2.05) is 0 Å². The van der Waals surface area contributed by atoms with Crippen molar-refractivity contribution in [1.82, 2.24) is 20.1 Å². The highest BCUT2D eigenvalue weighted by Gasteiger charge is 2.33. The second-order valence-corrected chi connectivity index (χ2v) is 8.50. The van der Waals surface area contributed by atoms with E-state index in [9.17, 15) is 27.2 Å². The van der Waals surface area contributed by atoms with Crippen LogP contribution in [0, 0.1) is 5.92 Å². The first kappa shape index (κ1) is 25.9. The number of piperidine rings is 1. The molecule has 0 bridgehead atoms. The third-order valence-electron chi connectivity index (χ3n) is 5.92. The van der Waals surface area contributed by atoms with Crippen molar-refractivity contribution >= 4 is 11.8 Å². The molecule has 1 aliphatic rings. The maximum Gasteiger partial charge on any atom is 0.573 e. The number of nitrogens with zero attached hydrogens (tertiary/aromatic N) is 3. The molecule has 1 saturated heterocycles. The van der Waals surface area contributed by atoms with Crippen LogP contribution in [0.5, 0.6) is 11.5 Å². The number of hydrogen-bond acceptors (Lipinski definition) is 6. The fourth-order valence-corrected chi connectivity index (χ4v) is 3.96. The Morgan fingerprint density at radius 1 is 1.19 bits per heavy atom. The smallest absolute Gasteiger partial charge is 0.491 e. The second-order valence-electron chi connectivity index (χ2n) is 8.50. The van der Waals surface area contributed by atoms with Gasteiger partial charge in [0.25, 0.3) is 5.91 Å². The van der Waals surface area contributed by atoms with Gasteiger partial charge in [-0.05, 0) is 30.2 Å². The summed E-state index contributed by atoms with van der Waals surface area (Å²) in [6.45, 7) is 0.0856. The molecule has 9 nitrogen and oxygen atoms in total. The summed E-state index contributed by atoms with van der Waals surface area (Å²) in [5.41, 5.74) is 7.17. The Morgan fingerprint density at radius 3 is 2.57 bits per heavy atom. The van der Waals surface area contributed by atoms with Gasteiger partial charge in [0.05, 0.1) is 43.2 Å². The molecule has 4 rings (SSSR count). The van der Waals surface area contributed by atoms with Gasteiger partial charge in [0.2, 0.25) is 5.91 Å². The van der Waals surface area contributed by atoms with Crippen molar-refractivity contribution in [1.29, 1.82) is 0 Å². The topological polar surface area (TPSA) is 123 Å². The van der Waals surface area contributed by atoms with Crippen molar-refractivity contribution < 1.29 is 36.6 Å². The Hall–Kier alpha value is -4.16. The first-order valence-electron chi connectivity index (χ1n) is 11.3. The molecule has 3 heterocycles. The molecule has 2 atom stereocenters. The zero-order valence-corrected chi connectivity index (χ0v) is 19.4. The molecule has 2 amide bonds. The highest BCUT2D eigenvalue weighted by Crippen LogP contribution is 2.27. The first-order chi connectivity index (χ1) is 17.6. The number of carbonyl (C=O) groups is 2. The van der Waals surface area contributed by atoms with Gasteiger partial charge in [-0.15, -0.1) is 13.2 Å². The van der Waals surface area contributed by atoms with Crippen LogP contribution in [0.15, 0.2) is 48.9 Å². The summed E-state index contributed by atoms with van der Waals surface area (Å²) in [4.78, 5) is 30.1. The summed E-state index contributed by atoms with van der Waals surface area (Å²) in [5.74, 6) is -1.86. The quantitative estimate of drug-likeness (QED) is 0.439. The maximum atomic E-state index is 14.9. The number of nitrogens with two attached hydrogens (primary N) is 1. The molecular weight excluding hydrogens is 498 g/mol. The summed E-state index contributed by atoms with van der Waals surface area (Å²) >= 11 is 0. The van der Waals surface area contributed by atoms with Crippen molar-refractivity contribution in [3.8, 4) is 22.8 Å². The summed E-state index contributed by atoms with van der Waals surface area (Å²) in [5, 5.41) is 6.48. The van der Waals surface area contributed by atoms with Crippen molar-refractivity contribution in [3.63, 3.8) is 0 Å². The van der Waals surface area contributed by atoms with Crippen LogP contribution >= 0.6 is 0 Å². The molecule has 0 spiro atoms. The summed E-state index contributed by atoms with van der Waals surface area (Å²) < 4.78 is 61.3. The Kier molecular flexibility index (Phi) is 7.60. The minimum Gasteiger partial charge on any atom is -0.491 e. The number of H-pyrrole nitrogens is 1. The molecule has 1 aliphatic heterocycles. The average Bonchev–Trinajstić information content (AvgIpc) is 3.38. The lowest BCUT2D eigenvalue weighted by Gasteiger charge is -2.34. The van der Waals surface area contributed by atoms with Gasteiger partial charge in [-0.3, -0.25) is 19.7 Å². The van der Waals surface area contributed by atoms with Crippen LogP contribution in [0.3, 0.4) is 0 Å². The molecule has 2 aromatic heterocycles. The van der Waals surface area contributed by atoms with Gasteiger partial charge in [0, 0.05) is 24.2 Å². The van der Waals surface area contributed by atoms with Crippen molar-refractivity contribution in [2.75, 3.05) is 19.7 Å². The third kappa shape index (κ3) is 6.74. The number of likely N-dealkylation sites (tertiary alicyclic amines) is 1. The average molecular weight is 521 g/mol. The van der Waals surface area contributed by atoms with Gasteiger partial charge >= 0.3 is 6.36 Å². The minimum atomic E-state index is -4.80. The van der Waals surface area contributed by atoms with Crippen molar-refractivity contribution in [2.24, 2.45) is 11.7 Å². The standard InChI is InChI=1S/C24H23F4N5O4/c25-19-12-33(22(34)7-14-1-3-17(4-2-14)37-24(26,27)28)6-5-15(19)13-36-21-11-30-20(8-18(21)23(29)35)16-9-31-32-10-16/h1-4,8-11,15,19H,5-7,12-13H2,(H2,29,35)(H,31,32). The van der Waals surface area contributed by atoms with Gasteiger partial charge in [-0.2, -0.15) is 5.10 Å². The minimum absolute atomic E-state index is 0.0448. The number of rotatable bonds is 8. The number of pyridine rings is 1. The van der Waals surface area contributed by atoms with E-state index >= 15 is 0 Å². The second kappa shape index (κ2) is 10.8. The Balaban J connectivity index is 1.31. The molecular formula is C24H23F4N5O4. The van der Waals surface area contributed by atoms with Crippen LogP contribution in [-0.2, 0) is 11.2 Å². The SMILES string of the molecule is NC(=O)c1cc(-c2cn[nH]c2)ncc1OCC1CCN(C(=O)Cc2ccc(OC(F)(F)F)cc2)CC1F. The Morgan fingerprint density at radius 2 is 1.95 bits per heavy atom. The molecule has 196 valence electrons. The number of aromatic amines is 1. The fourth-order valence-electron chi connectivity index (χ4n) is 3.96. The largest absolute Gasteiger partial charge is 0.573 e. The van der Waals surface area contributed by atoms with E-state index in [4.69, 9.17) is 10.5 Å². The maximum absolute atomic E-state index is 14.9. The third-order valence-corrected chi connectivity index (χ3v) is 5.92. The van der Waals surface area contributed by atoms with Gasteiger partial charge in [-0.25, -0.2) is 4.39 Å². The highest BCUT2D eigenvalue weighted by molar-refractivity contribution is 5.96. The molecule has 1 fully saturated rings. The monoisotopic (exact) mass is 521 g/mol. The zero-order valence-electron chi connectivity index (χ0n) is 19.4. The summed E-state index contributed by atoms with van der Waals surface area (Å²) in [6, 6.07) is 6.42. The number of amides is 2. The van der Waals surface area contributed by atoms with E-state index in [0.29, 0.717) is 23.2 Å². The molecule has 2 unspecified atom stereocenters. The molecule has 13 heteroatoms. The predicted octanol–water partition coefficient (Wildman–Crippen LogP) is 3.28. The van der Waals surface area contributed by atoms with Crippen LogP contribution in [0.2, 0.25) is 0 Å². The number of benzene rings is 1. The van der Waals surface area contributed by atoms with E-state index in [-0.39, 0.29) is 49.1 Å². The van der Waals surface area contributed by atoms with E-state index in [2.05, 4.69) is 19.9 Å². The fraction of sp³-hybridized carbons (Fsp3) is 0.333. The number of carbonyl (C=O) groups excluding carboxylic acids is 2. The van der Waals surface area contributed by atoms with Crippen LogP contribution in [-0.4, -0.2) is 64.1 Å². The lowest BCUT2D eigenvalue weighted by atomic mass is 9.95. The van der Waals surface area contributed by atoms with E-state index in [0.717, 1.165) is 12.1 Å². The van der Waals surface area contributed by atoms with E-state index in [1.165, 1.54) is 35.5 Å². The number of hydrogen-bond donors (Lipinski definition) is 2. The molecule has 0 aliphatic carbocycles. The highest BCUT2D eigenvalue weighted by atomic mass is 19.4. The number of halogens is 4. The molecule has 3 aromatic rings. The molecule has 0 radical (unpaired) electrons.